The van der Waals surface area contributed by atoms with Gasteiger partial charge in [-0.2, -0.15) is 20.1 Å². The topological polar surface area (TPSA) is 107 Å². The molecule has 0 saturated carbocycles. The van der Waals surface area contributed by atoms with Crippen LogP contribution in [-0.4, -0.2) is 31.6 Å². The number of benzene rings is 4. The van der Waals surface area contributed by atoms with Gasteiger partial charge in [-0.05, 0) is 47.5 Å². The van der Waals surface area contributed by atoms with Crippen LogP contribution in [0.25, 0.3) is 0 Å². The van der Waals surface area contributed by atoms with E-state index in [1.165, 1.54) is 0 Å². The second kappa shape index (κ2) is 11.7. The third-order valence-corrected chi connectivity index (χ3v) is 6.59. The Bertz CT molecular complexity index is 1600. The van der Waals surface area contributed by atoms with Gasteiger partial charge in [0.25, 0.3) is 0 Å². The molecule has 0 spiro atoms. The number of para-hydroxylation sites is 2. The van der Waals surface area contributed by atoms with Gasteiger partial charge in [0.2, 0.25) is 23.8 Å². The highest BCUT2D eigenvalue weighted by molar-refractivity contribution is 6.03. The van der Waals surface area contributed by atoms with Crippen LogP contribution in [0.15, 0.2) is 120 Å². The number of hydrogen-bond donors (Lipinski definition) is 3. The number of carbonyl (C=O) groups is 1. The van der Waals surface area contributed by atoms with Crippen LogP contribution in [0.4, 0.5) is 34.9 Å². The lowest BCUT2D eigenvalue weighted by atomic mass is 9.98. The number of nitrogens with one attached hydrogen (secondary N) is 3. The zero-order chi connectivity index (χ0) is 28.0. The van der Waals surface area contributed by atoms with Gasteiger partial charge >= 0.3 is 0 Å². The van der Waals surface area contributed by atoms with Crippen LogP contribution < -0.4 is 16.0 Å². The van der Waals surface area contributed by atoms with Crippen LogP contribution in [0.1, 0.15) is 30.5 Å². The van der Waals surface area contributed by atoms with Crippen LogP contribution in [0.5, 0.6) is 0 Å². The van der Waals surface area contributed by atoms with Gasteiger partial charge in [0.05, 0.1) is 11.8 Å². The van der Waals surface area contributed by atoms with E-state index in [4.69, 9.17) is 0 Å². The van der Waals surface area contributed by atoms with Gasteiger partial charge in [0.15, 0.2) is 0 Å². The predicted molar refractivity (Wildman–Crippen MR) is 162 cm³/mol. The highest BCUT2D eigenvalue weighted by Crippen LogP contribution is 2.33. The molecule has 5 aromatic rings. The van der Waals surface area contributed by atoms with Crippen LogP contribution in [0.2, 0.25) is 0 Å². The first-order valence-electron chi connectivity index (χ1n) is 13.3. The van der Waals surface area contributed by atoms with Crippen molar-refractivity contribution in [3.8, 4) is 0 Å². The van der Waals surface area contributed by atoms with E-state index in [1.54, 1.807) is 11.9 Å². The van der Waals surface area contributed by atoms with Crippen LogP contribution in [-0.2, 0) is 4.79 Å². The van der Waals surface area contributed by atoms with Crippen molar-refractivity contribution in [1.29, 1.82) is 0 Å². The fourth-order valence-corrected chi connectivity index (χ4v) is 4.63. The molecule has 1 atom stereocenters. The van der Waals surface area contributed by atoms with Crippen molar-refractivity contribution in [2.75, 3.05) is 16.0 Å². The molecule has 0 fully saturated rings. The average molecular weight is 541 g/mol. The highest BCUT2D eigenvalue weighted by atomic mass is 16.2. The monoisotopic (exact) mass is 540 g/mol. The molecule has 0 bridgehead atoms. The van der Waals surface area contributed by atoms with Crippen LogP contribution in [0, 0.1) is 0 Å². The van der Waals surface area contributed by atoms with Gasteiger partial charge in [-0.15, -0.1) is 0 Å². The molecule has 0 radical (unpaired) electrons. The van der Waals surface area contributed by atoms with E-state index in [-0.39, 0.29) is 11.9 Å². The summed E-state index contributed by atoms with van der Waals surface area (Å²) < 4.78 is 0. The summed E-state index contributed by atoms with van der Waals surface area (Å²) in [7, 11) is 0. The summed E-state index contributed by atoms with van der Waals surface area (Å²) in [4.78, 5) is 26.1. The third-order valence-electron chi connectivity index (χ3n) is 6.59. The Morgan fingerprint density at radius 2 is 1.07 bits per heavy atom. The normalized spacial score (nSPS) is 14.3. The molecule has 1 aliphatic rings. The molecule has 6 rings (SSSR count). The van der Waals surface area contributed by atoms with Crippen LogP contribution >= 0.6 is 0 Å². The molecule has 9 nitrogen and oxygen atoms in total. The summed E-state index contributed by atoms with van der Waals surface area (Å²) in [5.74, 6) is 1.11. The zero-order valence-corrected chi connectivity index (χ0v) is 22.4. The molecule has 41 heavy (non-hydrogen) atoms. The minimum Gasteiger partial charge on any atom is -0.324 e. The molecule has 1 aliphatic heterocycles. The number of carbonyl (C=O) groups excluding carboxylic acids is 1. The number of hydrogen-bond acceptors (Lipinski definition) is 8. The lowest BCUT2D eigenvalue weighted by Crippen LogP contribution is -2.24. The molecule has 202 valence electrons. The predicted octanol–water partition coefficient (Wildman–Crippen LogP) is 6.80. The number of hydrazone groups is 1. The SMILES string of the molecule is CC(=O)N1N=C(c2ccc(Nc3nc(Nc4ccccc4)nc(Nc4ccccc4)n3)cc2)CC1c1ccccc1. The molecule has 2 heterocycles. The van der Waals surface area contributed by atoms with Crippen molar-refractivity contribution in [2.45, 2.75) is 19.4 Å². The average Bonchev–Trinajstić information content (AvgIpc) is 3.45. The van der Waals surface area contributed by atoms with Gasteiger partial charge in [0, 0.05) is 30.4 Å². The smallest absolute Gasteiger partial charge is 0.240 e. The van der Waals surface area contributed by atoms with Crippen molar-refractivity contribution in [3.63, 3.8) is 0 Å². The molecular weight excluding hydrogens is 512 g/mol. The van der Waals surface area contributed by atoms with Crippen molar-refractivity contribution < 1.29 is 4.79 Å². The number of anilines is 6. The Morgan fingerprint density at radius 1 is 0.634 bits per heavy atom. The van der Waals surface area contributed by atoms with Crippen molar-refractivity contribution in [1.82, 2.24) is 20.0 Å². The molecule has 9 heteroatoms. The highest BCUT2D eigenvalue weighted by Gasteiger charge is 2.31. The second-order valence-corrected chi connectivity index (χ2v) is 9.53. The molecule has 4 aromatic carbocycles. The summed E-state index contributed by atoms with van der Waals surface area (Å²) >= 11 is 0. The van der Waals surface area contributed by atoms with E-state index in [0.29, 0.717) is 24.3 Å². The molecule has 1 unspecified atom stereocenters. The minimum absolute atomic E-state index is 0.0817. The fraction of sp³-hybridized carbons (Fsp3) is 0.0938. The molecule has 0 saturated heterocycles. The van der Waals surface area contributed by atoms with Crippen LogP contribution in [0.3, 0.4) is 0 Å². The van der Waals surface area contributed by atoms with E-state index in [2.05, 4.69) is 36.0 Å². The summed E-state index contributed by atoms with van der Waals surface area (Å²) in [5, 5.41) is 16.0. The largest absolute Gasteiger partial charge is 0.324 e. The maximum absolute atomic E-state index is 12.3. The number of nitrogens with zero attached hydrogens (tertiary/aromatic N) is 5. The van der Waals surface area contributed by atoms with Crippen molar-refractivity contribution in [3.05, 3.63) is 126 Å². The number of rotatable bonds is 8. The third kappa shape index (κ3) is 6.20. The molecule has 1 amide bonds. The van der Waals surface area contributed by atoms with E-state index in [1.807, 2.05) is 115 Å². The van der Waals surface area contributed by atoms with Gasteiger partial charge < -0.3 is 16.0 Å². The first kappa shape index (κ1) is 25.7. The molecule has 0 aliphatic carbocycles. The lowest BCUT2D eigenvalue weighted by molar-refractivity contribution is -0.130. The minimum atomic E-state index is -0.113. The van der Waals surface area contributed by atoms with E-state index >= 15 is 0 Å². The van der Waals surface area contributed by atoms with E-state index in [0.717, 1.165) is 33.9 Å². The molecular formula is C32H28N8O. The Kier molecular flexibility index (Phi) is 7.31. The van der Waals surface area contributed by atoms with Gasteiger partial charge in [-0.1, -0.05) is 78.9 Å². The van der Waals surface area contributed by atoms with Crippen molar-refractivity contribution in [2.24, 2.45) is 5.10 Å². The number of aromatic nitrogens is 3. The van der Waals surface area contributed by atoms with Gasteiger partial charge in [-0.3, -0.25) is 4.79 Å². The fourth-order valence-electron chi connectivity index (χ4n) is 4.63. The van der Waals surface area contributed by atoms with Gasteiger partial charge in [0.1, 0.15) is 0 Å². The Balaban J connectivity index is 1.22. The number of amides is 1. The Morgan fingerprint density at radius 3 is 1.54 bits per heavy atom. The lowest BCUT2D eigenvalue weighted by Gasteiger charge is -2.20. The first-order chi connectivity index (χ1) is 20.1. The Labute approximate surface area is 238 Å². The maximum atomic E-state index is 12.3. The summed E-state index contributed by atoms with van der Waals surface area (Å²) in [6.45, 7) is 1.55. The quantitative estimate of drug-likeness (QED) is 0.199. The molecule has 1 aromatic heterocycles. The second-order valence-electron chi connectivity index (χ2n) is 9.53. The summed E-state index contributed by atoms with van der Waals surface area (Å²) in [6.07, 6.45) is 0.646. The van der Waals surface area contributed by atoms with Gasteiger partial charge in [-0.25, -0.2) is 5.01 Å². The zero-order valence-electron chi connectivity index (χ0n) is 22.4. The standard InChI is InChI=1S/C32H28N8O/c1-22(41)40-29(24-11-5-2-6-12-24)21-28(39-40)23-17-19-27(20-18-23)35-32-37-30(33-25-13-7-3-8-14-25)36-31(38-32)34-26-15-9-4-10-16-26/h2-20,29H,21H2,1H3,(H3,33,34,35,36,37,38). The summed E-state index contributed by atoms with van der Waals surface area (Å²) in [6, 6.07) is 37.2. The summed E-state index contributed by atoms with van der Waals surface area (Å²) in [5.41, 5.74) is 5.42. The van der Waals surface area contributed by atoms with Crippen molar-refractivity contribution >= 4 is 46.5 Å². The van der Waals surface area contributed by atoms with E-state index in [9.17, 15) is 4.79 Å². The Hall–Kier alpha value is -5.57. The van der Waals surface area contributed by atoms with E-state index < -0.39 is 0 Å². The maximum Gasteiger partial charge on any atom is 0.240 e. The first-order valence-corrected chi connectivity index (χ1v) is 13.3. The molecule has 3 N–H and O–H groups in total.